The van der Waals surface area contributed by atoms with Gasteiger partial charge in [0.2, 0.25) is 5.91 Å². The van der Waals surface area contributed by atoms with Crippen molar-refractivity contribution in [2.24, 2.45) is 0 Å². The number of rotatable bonds is 5. The van der Waals surface area contributed by atoms with Gasteiger partial charge in [-0.25, -0.2) is 9.37 Å². The average Bonchev–Trinajstić information content (AvgIpc) is 3.43. The molecule has 0 atom stereocenters. The molecule has 0 unspecified atom stereocenters. The lowest BCUT2D eigenvalue weighted by Crippen LogP contribution is -2.33. The fraction of sp³-hybridized carbons (Fsp3) is 0.211. The summed E-state index contributed by atoms with van der Waals surface area (Å²) in [5.74, 6) is -0.176. The molecule has 2 amide bonds. The van der Waals surface area contributed by atoms with Crippen molar-refractivity contribution in [3.63, 3.8) is 0 Å². The number of hydrogen-bond donors (Lipinski definition) is 2. The molecular formula is C19H16ClFN4O2. The molecule has 138 valence electrons. The van der Waals surface area contributed by atoms with E-state index in [0.29, 0.717) is 22.8 Å². The van der Waals surface area contributed by atoms with E-state index in [4.69, 9.17) is 11.6 Å². The van der Waals surface area contributed by atoms with Gasteiger partial charge in [-0.15, -0.1) is 0 Å². The van der Waals surface area contributed by atoms with Crippen molar-refractivity contribution >= 4 is 34.6 Å². The van der Waals surface area contributed by atoms with Crippen molar-refractivity contribution in [3.05, 3.63) is 65.0 Å². The number of imidazole rings is 1. The van der Waals surface area contributed by atoms with E-state index in [1.54, 1.807) is 0 Å². The molecule has 0 aliphatic heterocycles. The number of amides is 2. The second-order valence-corrected chi connectivity index (χ2v) is 6.82. The van der Waals surface area contributed by atoms with E-state index < -0.39 is 17.6 Å². The van der Waals surface area contributed by atoms with E-state index in [-0.39, 0.29) is 11.6 Å². The highest BCUT2D eigenvalue weighted by Gasteiger charge is 2.30. The Balaban J connectivity index is 1.44. The normalized spacial score (nSPS) is 13.6. The zero-order valence-electron chi connectivity index (χ0n) is 14.2. The molecule has 6 nitrogen and oxygen atoms in total. The quantitative estimate of drug-likeness (QED) is 0.706. The van der Waals surface area contributed by atoms with Crippen molar-refractivity contribution in [2.75, 3.05) is 11.9 Å². The van der Waals surface area contributed by atoms with Gasteiger partial charge in [0, 0.05) is 17.8 Å². The summed E-state index contributed by atoms with van der Waals surface area (Å²) in [5.41, 5.74) is 1.36. The summed E-state index contributed by atoms with van der Waals surface area (Å²) in [7, 11) is 0. The minimum atomic E-state index is -0.568. The number of pyridine rings is 1. The number of carbonyl (C=O) groups is 2. The minimum absolute atomic E-state index is 0.0890. The van der Waals surface area contributed by atoms with Gasteiger partial charge in [0.15, 0.2) is 5.69 Å². The molecule has 2 aromatic heterocycles. The molecule has 8 heteroatoms. The number of hydrogen-bond acceptors (Lipinski definition) is 3. The molecule has 4 rings (SSSR count). The molecule has 2 heterocycles. The first-order valence-electron chi connectivity index (χ1n) is 8.53. The average molecular weight is 387 g/mol. The lowest BCUT2D eigenvalue weighted by molar-refractivity contribution is -0.115. The molecule has 1 aliphatic carbocycles. The number of carbonyl (C=O) groups excluding carboxylic acids is 2. The third-order valence-electron chi connectivity index (χ3n) is 4.35. The third-order valence-corrected chi connectivity index (χ3v) is 4.64. The number of nitrogens with one attached hydrogen (secondary N) is 2. The van der Waals surface area contributed by atoms with Crippen LogP contribution in [0.4, 0.5) is 10.1 Å². The van der Waals surface area contributed by atoms with Gasteiger partial charge in [0.1, 0.15) is 11.6 Å². The Morgan fingerprint density at radius 1 is 1.26 bits per heavy atom. The van der Waals surface area contributed by atoms with Crippen LogP contribution < -0.4 is 10.6 Å². The zero-order valence-corrected chi connectivity index (χ0v) is 15.0. The van der Waals surface area contributed by atoms with Gasteiger partial charge in [0.05, 0.1) is 17.1 Å². The number of benzene rings is 1. The van der Waals surface area contributed by atoms with Crippen LogP contribution in [0.15, 0.2) is 42.6 Å². The lowest BCUT2D eigenvalue weighted by atomic mass is 10.3. The van der Waals surface area contributed by atoms with E-state index in [2.05, 4.69) is 15.6 Å². The first-order chi connectivity index (χ1) is 13.0. The van der Waals surface area contributed by atoms with Gasteiger partial charge in [0.25, 0.3) is 5.91 Å². The van der Waals surface area contributed by atoms with E-state index in [1.165, 1.54) is 12.1 Å². The topological polar surface area (TPSA) is 75.5 Å². The third kappa shape index (κ3) is 3.64. The molecule has 1 aromatic carbocycles. The van der Waals surface area contributed by atoms with Crippen LogP contribution >= 0.6 is 11.6 Å². The second kappa shape index (κ2) is 7.00. The smallest absolute Gasteiger partial charge is 0.272 e. The van der Waals surface area contributed by atoms with Crippen LogP contribution in [0.3, 0.4) is 0 Å². The van der Waals surface area contributed by atoms with Crippen molar-refractivity contribution in [2.45, 2.75) is 18.8 Å². The van der Waals surface area contributed by atoms with Crippen LogP contribution in [0.5, 0.6) is 0 Å². The van der Waals surface area contributed by atoms with E-state index >= 15 is 0 Å². The summed E-state index contributed by atoms with van der Waals surface area (Å²) in [4.78, 5) is 29.1. The SMILES string of the molecule is O=C(CNC(=O)c1nc(C2CC2)n2ccccc12)Nc1ccc(F)c(Cl)c1. The fourth-order valence-corrected chi connectivity index (χ4v) is 3.06. The largest absolute Gasteiger partial charge is 0.342 e. The van der Waals surface area contributed by atoms with Crippen LogP contribution in [-0.4, -0.2) is 27.7 Å². The lowest BCUT2D eigenvalue weighted by Gasteiger charge is -2.07. The Morgan fingerprint density at radius 3 is 2.81 bits per heavy atom. The molecule has 27 heavy (non-hydrogen) atoms. The minimum Gasteiger partial charge on any atom is -0.342 e. The first-order valence-corrected chi connectivity index (χ1v) is 8.91. The first kappa shape index (κ1) is 17.5. The summed E-state index contributed by atoms with van der Waals surface area (Å²) in [6.07, 6.45) is 4.02. The summed E-state index contributed by atoms with van der Waals surface area (Å²) >= 11 is 5.69. The predicted octanol–water partition coefficient (Wildman–Crippen LogP) is 3.37. The zero-order chi connectivity index (χ0) is 19.0. The highest BCUT2D eigenvalue weighted by Crippen LogP contribution is 2.39. The van der Waals surface area contributed by atoms with E-state index in [9.17, 15) is 14.0 Å². The Morgan fingerprint density at radius 2 is 2.07 bits per heavy atom. The number of nitrogens with zero attached hydrogens (tertiary/aromatic N) is 2. The van der Waals surface area contributed by atoms with Gasteiger partial charge >= 0.3 is 0 Å². The highest BCUT2D eigenvalue weighted by atomic mass is 35.5. The molecule has 2 N–H and O–H groups in total. The van der Waals surface area contributed by atoms with Gasteiger partial charge in [-0.2, -0.15) is 0 Å². The van der Waals surface area contributed by atoms with Gasteiger partial charge in [-0.3, -0.25) is 9.59 Å². The van der Waals surface area contributed by atoms with Crippen molar-refractivity contribution in [1.82, 2.24) is 14.7 Å². The maximum atomic E-state index is 13.2. The van der Waals surface area contributed by atoms with Crippen LogP contribution in [0.2, 0.25) is 5.02 Å². The highest BCUT2D eigenvalue weighted by molar-refractivity contribution is 6.31. The Hall–Kier alpha value is -2.93. The standard InChI is InChI=1S/C19H16ClFN4O2/c20-13-9-12(6-7-14(13)21)23-16(26)10-22-19(27)17-15-3-1-2-8-25(15)18(24-17)11-4-5-11/h1-3,6-9,11H,4-5,10H2,(H,22,27)(H,23,26). The van der Waals surface area contributed by atoms with Crippen LogP contribution in [0, 0.1) is 5.82 Å². The Labute approximate surface area is 159 Å². The molecule has 3 aromatic rings. The van der Waals surface area contributed by atoms with Gasteiger partial charge in [-0.05, 0) is 43.2 Å². The van der Waals surface area contributed by atoms with E-state index in [1.807, 2.05) is 28.8 Å². The maximum Gasteiger partial charge on any atom is 0.272 e. The molecular weight excluding hydrogens is 371 g/mol. The second-order valence-electron chi connectivity index (χ2n) is 6.41. The van der Waals surface area contributed by atoms with Gasteiger partial charge < -0.3 is 15.0 Å². The summed E-state index contributed by atoms with van der Waals surface area (Å²) in [6.45, 7) is -0.238. The molecule has 1 aliphatic rings. The molecule has 0 saturated heterocycles. The summed E-state index contributed by atoms with van der Waals surface area (Å²) < 4.78 is 15.1. The predicted molar refractivity (Wildman–Crippen MR) is 99.5 cm³/mol. The van der Waals surface area contributed by atoms with Crippen LogP contribution in [0.1, 0.15) is 35.1 Å². The molecule has 1 fully saturated rings. The number of aromatic nitrogens is 2. The molecule has 0 bridgehead atoms. The summed E-state index contributed by atoms with van der Waals surface area (Å²) in [6, 6.07) is 9.42. The maximum absolute atomic E-state index is 13.2. The Bertz CT molecular complexity index is 1050. The molecule has 0 spiro atoms. The monoisotopic (exact) mass is 386 g/mol. The van der Waals surface area contributed by atoms with Crippen molar-refractivity contribution in [1.29, 1.82) is 0 Å². The van der Waals surface area contributed by atoms with Crippen LogP contribution in [0.25, 0.3) is 5.52 Å². The van der Waals surface area contributed by atoms with E-state index in [0.717, 1.165) is 24.7 Å². The molecule has 1 saturated carbocycles. The summed E-state index contributed by atoms with van der Waals surface area (Å²) in [5, 5.41) is 5.04. The number of fused-ring (bicyclic) bond motifs is 1. The number of anilines is 1. The fourth-order valence-electron chi connectivity index (χ4n) is 2.88. The van der Waals surface area contributed by atoms with Gasteiger partial charge in [-0.1, -0.05) is 17.7 Å². The van der Waals surface area contributed by atoms with Crippen molar-refractivity contribution in [3.8, 4) is 0 Å². The van der Waals surface area contributed by atoms with Crippen molar-refractivity contribution < 1.29 is 14.0 Å². The molecule has 0 radical (unpaired) electrons. The van der Waals surface area contributed by atoms with Crippen LogP contribution in [-0.2, 0) is 4.79 Å². The Kier molecular flexibility index (Phi) is 4.53. The number of halogens is 2.